The van der Waals surface area contributed by atoms with Crippen LogP contribution in [0.3, 0.4) is 0 Å². The largest absolute Gasteiger partial charge is 0.0625 e. The maximum Gasteiger partial charge on any atom is -0.0277 e. The molecule has 2 atom stereocenters. The van der Waals surface area contributed by atoms with Crippen molar-refractivity contribution in [2.45, 2.75) is 66.7 Å². The first-order valence-corrected chi connectivity index (χ1v) is 5.85. The Morgan fingerprint density at radius 2 is 1.69 bits per heavy atom. The van der Waals surface area contributed by atoms with Crippen LogP contribution in [0.5, 0.6) is 0 Å². The maximum absolute atomic E-state index is 2.49. The van der Waals surface area contributed by atoms with Gasteiger partial charge in [0.15, 0.2) is 0 Å². The molecule has 1 aliphatic rings. The van der Waals surface area contributed by atoms with E-state index in [4.69, 9.17) is 0 Å². The highest BCUT2D eigenvalue weighted by Gasteiger charge is 2.37. The van der Waals surface area contributed by atoms with E-state index in [0.29, 0.717) is 10.8 Å². The number of rotatable bonds is 0. The van der Waals surface area contributed by atoms with Crippen LogP contribution in [-0.4, -0.2) is 0 Å². The minimum atomic E-state index is 0.483. The first-order valence-electron chi connectivity index (χ1n) is 5.85. The van der Waals surface area contributed by atoms with Gasteiger partial charge < -0.3 is 0 Å². The molecule has 78 valence electrons. The van der Waals surface area contributed by atoms with Crippen molar-refractivity contribution in [2.75, 3.05) is 0 Å². The van der Waals surface area contributed by atoms with E-state index in [0.717, 1.165) is 5.92 Å². The molecular weight excluding hydrogens is 156 g/mol. The minimum absolute atomic E-state index is 0.483. The van der Waals surface area contributed by atoms with Gasteiger partial charge in [-0.3, -0.25) is 0 Å². The van der Waals surface area contributed by atoms with Gasteiger partial charge in [-0.05, 0) is 29.6 Å². The molecule has 1 saturated carbocycles. The standard InChI is InChI=1S/C13H26/c1-11-7-6-9-13(5,10-8-11)12(2,3)4/h11H,6-10H2,1-5H3. The summed E-state index contributed by atoms with van der Waals surface area (Å²) in [6.07, 6.45) is 7.19. The Hall–Kier alpha value is 0. The lowest BCUT2D eigenvalue weighted by molar-refractivity contribution is 0.0866. The molecule has 0 aliphatic heterocycles. The van der Waals surface area contributed by atoms with Gasteiger partial charge in [-0.25, -0.2) is 0 Å². The molecule has 0 N–H and O–H groups in total. The van der Waals surface area contributed by atoms with E-state index in [2.05, 4.69) is 34.6 Å². The lowest BCUT2D eigenvalue weighted by atomic mass is 9.64. The van der Waals surface area contributed by atoms with Crippen molar-refractivity contribution >= 4 is 0 Å². The van der Waals surface area contributed by atoms with Crippen LogP contribution in [-0.2, 0) is 0 Å². The van der Waals surface area contributed by atoms with Crippen LogP contribution in [0.25, 0.3) is 0 Å². The van der Waals surface area contributed by atoms with Crippen LogP contribution in [0, 0.1) is 16.7 Å². The highest BCUT2D eigenvalue weighted by molar-refractivity contribution is 4.88. The summed E-state index contributed by atoms with van der Waals surface area (Å²) in [7, 11) is 0. The molecule has 0 amide bonds. The summed E-state index contributed by atoms with van der Waals surface area (Å²) in [4.78, 5) is 0. The van der Waals surface area contributed by atoms with E-state index in [9.17, 15) is 0 Å². The Morgan fingerprint density at radius 1 is 1.08 bits per heavy atom. The normalized spacial score (nSPS) is 37.2. The Morgan fingerprint density at radius 3 is 2.23 bits per heavy atom. The third-order valence-electron chi connectivity index (χ3n) is 4.43. The zero-order valence-corrected chi connectivity index (χ0v) is 10.1. The van der Waals surface area contributed by atoms with Crippen molar-refractivity contribution < 1.29 is 0 Å². The molecule has 0 saturated heterocycles. The lowest BCUT2D eigenvalue weighted by Crippen LogP contribution is -2.32. The second-order valence-corrected chi connectivity index (χ2v) is 6.35. The molecule has 0 nitrogen and oxygen atoms in total. The second-order valence-electron chi connectivity index (χ2n) is 6.35. The fourth-order valence-corrected chi connectivity index (χ4v) is 2.42. The minimum Gasteiger partial charge on any atom is -0.0625 e. The average molecular weight is 182 g/mol. The van der Waals surface area contributed by atoms with Crippen LogP contribution in [0.15, 0.2) is 0 Å². The number of hydrogen-bond acceptors (Lipinski definition) is 0. The highest BCUT2D eigenvalue weighted by Crippen LogP contribution is 2.48. The van der Waals surface area contributed by atoms with Crippen LogP contribution >= 0.6 is 0 Å². The fraction of sp³-hybridized carbons (Fsp3) is 1.00. The van der Waals surface area contributed by atoms with Crippen molar-refractivity contribution in [3.05, 3.63) is 0 Å². The molecule has 1 rings (SSSR count). The zero-order valence-electron chi connectivity index (χ0n) is 10.1. The third kappa shape index (κ3) is 2.48. The maximum atomic E-state index is 2.49. The number of hydrogen-bond donors (Lipinski definition) is 0. The molecule has 1 aliphatic carbocycles. The molecule has 0 aromatic rings. The summed E-state index contributed by atoms with van der Waals surface area (Å²) in [5.74, 6) is 0.962. The van der Waals surface area contributed by atoms with Crippen molar-refractivity contribution in [1.29, 1.82) is 0 Å². The van der Waals surface area contributed by atoms with Gasteiger partial charge in [0, 0.05) is 0 Å². The molecule has 0 heterocycles. The fourth-order valence-electron chi connectivity index (χ4n) is 2.42. The van der Waals surface area contributed by atoms with Crippen molar-refractivity contribution in [2.24, 2.45) is 16.7 Å². The summed E-state index contributed by atoms with van der Waals surface area (Å²) in [6, 6.07) is 0. The van der Waals surface area contributed by atoms with Crippen LogP contribution < -0.4 is 0 Å². The summed E-state index contributed by atoms with van der Waals surface area (Å²) >= 11 is 0. The first-order chi connectivity index (χ1) is 5.85. The molecule has 0 heteroatoms. The Bertz CT molecular complexity index is 163. The summed E-state index contributed by atoms with van der Waals surface area (Å²) < 4.78 is 0. The van der Waals surface area contributed by atoms with Gasteiger partial charge in [0.2, 0.25) is 0 Å². The van der Waals surface area contributed by atoms with Gasteiger partial charge in [-0.2, -0.15) is 0 Å². The van der Waals surface area contributed by atoms with Gasteiger partial charge in [-0.15, -0.1) is 0 Å². The van der Waals surface area contributed by atoms with E-state index >= 15 is 0 Å². The SMILES string of the molecule is CC1CCCC(C)(C(C)(C)C)CC1. The average Bonchev–Trinajstić information content (AvgIpc) is 2.13. The summed E-state index contributed by atoms with van der Waals surface area (Å²) in [5.41, 5.74) is 1.06. The monoisotopic (exact) mass is 182 g/mol. The third-order valence-corrected chi connectivity index (χ3v) is 4.43. The van der Waals surface area contributed by atoms with Gasteiger partial charge in [0.25, 0.3) is 0 Å². The lowest BCUT2D eigenvalue weighted by Gasteiger charge is -2.42. The predicted octanol–water partition coefficient (Wildman–Crippen LogP) is 4.64. The van der Waals surface area contributed by atoms with E-state index in [-0.39, 0.29) is 0 Å². The van der Waals surface area contributed by atoms with E-state index in [1.807, 2.05) is 0 Å². The molecule has 0 aromatic carbocycles. The molecule has 13 heavy (non-hydrogen) atoms. The van der Waals surface area contributed by atoms with Crippen LogP contribution in [0.4, 0.5) is 0 Å². The highest BCUT2D eigenvalue weighted by atomic mass is 14.4. The van der Waals surface area contributed by atoms with E-state index in [1.165, 1.54) is 32.1 Å². The van der Waals surface area contributed by atoms with Gasteiger partial charge in [0.1, 0.15) is 0 Å². The second kappa shape index (κ2) is 3.63. The van der Waals surface area contributed by atoms with Crippen LogP contribution in [0.1, 0.15) is 66.7 Å². The Balaban J connectivity index is 2.68. The van der Waals surface area contributed by atoms with Crippen molar-refractivity contribution in [1.82, 2.24) is 0 Å². The van der Waals surface area contributed by atoms with Crippen LogP contribution in [0.2, 0.25) is 0 Å². The van der Waals surface area contributed by atoms with Crippen molar-refractivity contribution in [3.63, 3.8) is 0 Å². The van der Waals surface area contributed by atoms with Gasteiger partial charge in [0.05, 0.1) is 0 Å². The predicted molar refractivity (Wildman–Crippen MR) is 59.8 cm³/mol. The van der Waals surface area contributed by atoms with E-state index in [1.54, 1.807) is 0 Å². The topological polar surface area (TPSA) is 0 Å². The summed E-state index contributed by atoms with van der Waals surface area (Å²) in [6.45, 7) is 12.1. The summed E-state index contributed by atoms with van der Waals surface area (Å²) in [5, 5.41) is 0. The Labute approximate surface area is 84.1 Å². The van der Waals surface area contributed by atoms with E-state index < -0.39 is 0 Å². The molecule has 0 spiro atoms. The molecule has 0 bridgehead atoms. The first kappa shape index (κ1) is 11.1. The molecular formula is C13H26. The van der Waals surface area contributed by atoms with Crippen molar-refractivity contribution in [3.8, 4) is 0 Å². The van der Waals surface area contributed by atoms with Gasteiger partial charge >= 0.3 is 0 Å². The molecule has 0 aromatic heterocycles. The smallest absolute Gasteiger partial charge is 0.0277 e. The zero-order chi connectivity index (χ0) is 10.1. The van der Waals surface area contributed by atoms with Gasteiger partial charge in [-0.1, -0.05) is 53.9 Å². The quantitative estimate of drug-likeness (QED) is 0.479. The molecule has 1 fully saturated rings. The molecule has 2 unspecified atom stereocenters. The molecule has 0 radical (unpaired) electrons. The Kier molecular flexibility index (Phi) is 3.09.